The van der Waals surface area contributed by atoms with Gasteiger partial charge in [-0.3, -0.25) is 25.1 Å². The zero-order chi connectivity index (χ0) is 19.6. The molecule has 3 rings (SSSR count). The number of nitrogens with one attached hydrogen (secondary N) is 2. The maximum absolute atomic E-state index is 12.6. The van der Waals surface area contributed by atoms with E-state index < -0.39 is 34.9 Å². The van der Waals surface area contributed by atoms with Crippen molar-refractivity contribution in [2.75, 3.05) is 6.61 Å². The number of urea groups is 1. The van der Waals surface area contributed by atoms with E-state index in [0.29, 0.717) is 23.8 Å². The molecule has 1 aromatic rings. The number of nitro groups is 1. The normalized spacial score (nSPS) is 24.6. The minimum Gasteiger partial charge on any atom is -0.484 e. The summed E-state index contributed by atoms with van der Waals surface area (Å²) in [5.74, 6) is -0.383. The molecular weight excluding hydrogens is 356 g/mol. The highest BCUT2D eigenvalue weighted by Gasteiger charge is 2.52. The molecule has 2 N–H and O–H groups in total. The second-order valence-corrected chi connectivity index (χ2v) is 6.91. The van der Waals surface area contributed by atoms with Gasteiger partial charge in [0.15, 0.2) is 6.61 Å². The molecule has 0 atom stereocenters. The van der Waals surface area contributed by atoms with Crippen molar-refractivity contribution in [3.05, 3.63) is 34.4 Å². The summed E-state index contributed by atoms with van der Waals surface area (Å²) in [6.07, 6.45) is 2.75. The quantitative estimate of drug-likeness (QED) is 0.455. The van der Waals surface area contributed by atoms with E-state index in [4.69, 9.17) is 4.74 Å². The number of carbonyl (C=O) groups is 3. The number of hydrogen-bond donors (Lipinski definition) is 2. The number of nitro benzene ring substituents is 1. The van der Waals surface area contributed by atoms with Crippen molar-refractivity contribution in [3.63, 3.8) is 0 Å². The molecule has 27 heavy (non-hydrogen) atoms. The predicted molar refractivity (Wildman–Crippen MR) is 92.5 cm³/mol. The van der Waals surface area contributed by atoms with Crippen LogP contribution in [0.4, 0.5) is 10.5 Å². The van der Waals surface area contributed by atoms with E-state index in [1.165, 1.54) is 24.3 Å². The molecular formula is C17H20N4O6. The largest absolute Gasteiger partial charge is 0.484 e. The van der Waals surface area contributed by atoms with Crippen molar-refractivity contribution in [3.8, 4) is 5.75 Å². The van der Waals surface area contributed by atoms with E-state index in [2.05, 4.69) is 17.7 Å². The topological polar surface area (TPSA) is 131 Å². The van der Waals surface area contributed by atoms with Crippen molar-refractivity contribution in [1.82, 2.24) is 15.8 Å². The van der Waals surface area contributed by atoms with Crippen LogP contribution in [0.3, 0.4) is 0 Å². The summed E-state index contributed by atoms with van der Waals surface area (Å²) in [4.78, 5) is 46.9. The Bertz CT molecular complexity index is 770. The molecule has 0 bridgehead atoms. The molecule has 1 aliphatic heterocycles. The van der Waals surface area contributed by atoms with Crippen molar-refractivity contribution in [2.24, 2.45) is 5.92 Å². The fourth-order valence-electron chi connectivity index (χ4n) is 3.29. The van der Waals surface area contributed by atoms with Gasteiger partial charge in [-0.25, -0.2) is 4.79 Å². The van der Waals surface area contributed by atoms with Gasteiger partial charge in [0.25, 0.3) is 17.5 Å². The summed E-state index contributed by atoms with van der Waals surface area (Å²) in [7, 11) is 0. The Morgan fingerprint density at radius 2 is 1.96 bits per heavy atom. The minimum absolute atomic E-state index is 0.0989. The Hall–Kier alpha value is -3.17. The third-order valence-corrected chi connectivity index (χ3v) is 4.94. The van der Waals surface area contributed by atoms with Gasteiger partial charge in [-0.05, 0) is 43.7 Å². The molecule has 1 spiro atoms. The number of hydrogen-bond acceptors (Lipinski definition) is 6. The van der Waals surface area contributed by atoms with E-state index in [9.17, 15) is 24.5 Å². The Morgan fingerprint density at radius 1 is 1.33 bits per heavy atom. The third-order valence-electron chi connectivity index (χ3n) is 4.94. The van der Waals surface area contributed by atoms with Gasteiger partial charge in [-0.2, -0.15) is 5.01 Å². The maximum atomic E-state index is 12.6. The van der Waals surface area contributed by atoms with Crippen LogP contribution in [0, 0.1) is 16.0 Å². The summed E-state index contributed by atoms with van der Waals surface area (Å²) >= 11 is 0. The molecule has 1 aromatic carbocycles. The lowest BCUT2D eigenvalue weighted by Gasteiger charge is -2.33. The van der Waals surface area contributed by atoms with Crippen molar-refractivity contribution in [2.45, 2.75) is 38.1 Å². The molecule has 0 aromatic heterocycles. The van der Waals surface area contributed by atoms with Crippen LogP contribution in [-0.2, 0) is 9.59 Å². The number of carbonyl (C=O) groups excluding carboxylic acids is 3. The van der Waals surface area contributed by atoms with Crippen LogP contribution in [-0.4, -0.2) is 39.9 Å². The Kier molecular flexibility index (Phi) is 4.98. The number of benzene rings is 1. The van der Waals surface area contributed by atoms with Crippen molar-refractivity contribution in [1.29, 1.82) is 0 Å². The summed E-state index contributed by atoms with van der Waals surface area (Å²) in [5, 5.41) is 14.0. The Labute approximate surface area is 155 Å². The third kappa shape index (κ3) is 3.83. The lowest BCUT2D eigenvalue weighted by Crippen LogP contribution is -2.52. The average molecular weight is 376 g/mol. The zero-order valence-electron chi connectivity index (χ0n) is 14.8. The molecule has 0 unspecified atom stereocenters. The van der Waals surface area contributed by atoms with Gasteiger partial charge in [0.05, 0.1) is 4.92 Å². The Balaban J connectivity index is 1.55. The van der Waals surface area contributed by atoms with Gasteiger partial charge in [-0.1, -0.05) is 6.92 Å². The molecule has 144 valence electrons. The molecule has 0 radical (unpaired) electrons. The summed E-state index contributed by atoms with van der Waals surface area (Å²) in [5.41, 5.74) is 1.23. The van der Waals surface area contributed by atoms with Crippen LogP contribution in [0.25, 0.3) is 0 Å². The highest BCUT2D eigenvalue weighted by atomic mass is 16.6. The number of non-ortho nitro benzene ring substituents is 1. The van der Waals surface area contributed by atoms with E-state index in [-0.39, 0.29) is 11.4 Å². The lowest BCUT2D eigenvalue weighted by molar-refractivity contribution is -0.384. The molecule has 1 heterocycles. The highest BCUT2D eigenvalue weighted by molar-refractivity contribution is 6.08. The van der Waals surface area contributed by atoms with Crippen LogP contribution in [0.1, 0.15) is 32.6 Å². The molecule has 2 fully saturated rings. The van der Waals surface area contributed by atoms with E-state index in [0.717, 1.165) is 12.8 Å². The smallest absolute Gasteiger partial charge is 0.344 e. The summed E-state index contributed by atoms with van der Waals surface area (Å²) in [6, 6.07) is 4.56. The van der Waals surface area contributed by atoms with Gasteiger partial charge in [0, 0.05) is 12.1 Å². The molecule has 10 nitrogen and oxygen atoms in total. The van der Waals surface area contributed by atoms with Crippen LogP contribution in [0.2, 0.25) is 0 Å². The molecule has 4 amide bonds. The second-order valence-electron chi connectivity index (χ2n) is 6.91. The first kappa shape index (κ1) is 18.6. The van der Waals surface area contributed by atoms with Crippen molar-refractivity contribution < 1.29 is 24.0 Å². The number of ether oxygens (including phenoxy) is 1. The molecule has 1 saturated carbocycles. The van der Waals surface area contributed by atoms with Crippen LogP contribution >= 0.6 is 0 Å². The number of nitrogens with zero attached hydrogens (tertiary/aromatic N) is 2. The van der Waals surface area contributed by atoms with Gasteiger partial charge in [0.2, 0.25) is 0 Å². The monoisotopic (exact) mass is 376 g/mol. The zero-order valence-corrected chi connectivity index (χ0v) is 14.8. The predicted octanol–water partition coefficient (Wildman–Crippen LogP) is 1.51. The van der Waals surface area contributed by atoms with E-state index >= 15 is 0 Å². The van der Waals surface area contributed by atoms with Crippen molar-refractivity contribution >= 4 is 23.5 Å². The highest BCUT2D eigenvalue weighted by Crippen LogP contribution is 2.35. The van der Waals surface area contributed by atoms with Gasteiger partial charge >= 0.3 is 6.03 Å². The fraction of sp³-hybridized carbons (Fsp3) is 0.471. The molecule has 1 saturated heterocycles. The average Bonchev–Trinajstić information content (AvgIpc) is 2.87. The molecule has 1 aliphatic carbocycles. The van der Waals surface area contributed by atoms with Gasteiger partial charge in [0.1, 0.15) is 11.3 Å². The van der Waals surface area contributed by atoms with E-state index in [1.807, 2.05) is 0 Å². The van der Waals surface area contributed by atoms with Gasteiger partial charge in [-0.15, -0.1) is 0 Å². The van der Waals surface area contributed by atoms with Gasteiger partial charge < -0.3 is 10.1 Å². The standard InChI is InChI=1S/C17H20N4O6/c1-11-6-8-17(9-7-11)15(23)20(16(24)18-17)19-14(22)10-27-13-4-2-12(3-5-13)21(25)26/h2-5,11H,6-10H2,1H3,(H,18,24)(H,19,22). The summed E-state index contributed by atoms with van der Waals surface area (Å²) < 4.78 is 5.23. The fourth-order valence-corrected chi connectivity index (χ4v) is 3.29. The number of imide groups is 1. The number of amides is 4. The minimum atomic E-state index is -0.934. The lowest BCUT2D eigenvalue weighted by atomic mass is 9.77. The first-order valence-electron chi connectivity index (χ1n) is 8.64. The van der Waals surface area contributed by atoms with Crippen LogP contribution in [0.15, 0.2) is 24.3 Å². The van der Waals surface area contributed by atoms with Crippen LogP contribution in [0.5, 0.6) is 5.75 Å². The summed E-state index contributed by atoms with van der Waals surface area (Å²) in [6.45, 7) is 1.65. The second kappa shape index (κ2) is 7.22. The van der Waals surface area contributed by atoms with Crippen LogP contribution < -0.4 is 15.5 Å². The SMILES string of the molecule is CC1CCC2(CC1)NC(=O)N(NC(=O)COc1ccc([N+](=O)[O-])cc1)C2=O. The number of hydrazine groups is 1. The Morgan fingerprint density at radius 3 is 2.56 bits per heavy atom. The first-order chi connectivity index (χ1) is 12.8. The number of rotatable bonds is 5. The molecule has 2 aliphatic rings. The first-order valence-corrected chi connectivity index (χ1v) is 8.64. The van der Waals surface area contributed by atoms with E-state index in [1.54, 1.807) is 0 Å². The molecule has 10 heteroatoms. The maximum Gasteiger partial charge on any atom is 0.344 e.